The molecule has 0 aromatic heterocycles. The standard InChI is InChI=1S/C15H27N5O9/c1-6(23)11(15(28)29)20-13(26)8(2-3-10(17)24)18-14(27)9(5-22)19-12(25)7(16)4-21/h6-9,11,21-23H,2-5,16H2,1H3,(H2,17,24)(H,18,27)(H,19,25)(H,20,26)(H,28,29). The van der Waals surface area contributed by atoms with Gasteiger partial charge in [0.1, 0.15) is 18.1 Å². The molecule has 0 bridgehead atoms. The van der Waals surface area contributed by atoms with E-state index in [0.29, 0.717) is 0 Å². The number of amides is 4. The maximum Gasteiger partial charge on any atom is 0.328 e. The third-order valence-corrected chi connectivity index (χ3v) is 3.71. The van der Waals surface area contributed by atoms with Crippen LogP contribution in [-0.2, 0) is 24.0 Å². The Morgan fingerprint density at radius 3 is 1.83 bits per heavy atom. The maximum absolute atomic E-state index is 12.3. The number of rotatable bonds is 13. The number of hydrogen-bond donors (Lipinski definition) is 9. The van der Waals surface area contributed by atoms with Crippen molar-refractivity contribution < 1.29 is 44.4 Å². The molecule has 0 aliphatic rings. The Labute approximate surface area is 165 Å². The maximum atomic E-state index is 12.3. The van der Waals surface area contributed by atoms with Gasteiger partial charge in [-0.15, -0.1) is 0 Å². The van der Waals surface area contributed by atoms with Gasteiger partial charge < -0.3 is 47.8 Å². The number of hydrogen-bond acceptors (Lipinski definition) is 9. The fourth-order valence-corrected chi connectivity index (χ4v) is 2.03. The monoisotopic (exact) mass is 421 g/mol. The first-order valence-electron chi connectivity index (χ1n) is 8.52. The predicted molar refractivity (Wildman–Crippen MR) is 95.7 cm³/mol. The van der Waals surface area contributed by atoms with E-state index in [1.54, 1.807) is 0 Å². The van der Waals surface area contributed by atoms with Gasteiger partial charge in [0.2, 0.25) is 23.6 Å². The largest absolute Gasteiger partial charge is 0.480 e. The molecule has 5 unspecified atom stereocenters. The summed E-state index contributed by atoms with van der Waals surface area (Å²) < 4.78 is 0. The Balaban J connectivity index is 5.30. The second-order valence-electron chi connectivity index (χ2n) is 6.16. The number of primary amides is 1. The zero-order valence-electron chi connectivity index (χ0n) is 15.7. The Morgan fingerprint density at radius 2 is 1.41 bits per heavy atom. The highest BCUT2D eigenvalue weighted by molar-refractivity contribution is 5.94. The van der Waals surface area contributed by atoms with E-state index >= 15 is 0 Å². The van der Waals surface area contributed by atoms with Crippen molar-refractivity contribution in [2.45, 2.75) is 50.0 Å². The summed E-state index contributed by atoms with van der Waals surface area (Å²) in [6.45, 7) is -0.478. The van der Waals surface area contributed by atoms with E-state index in [9.17, 15) is 34.2 Å². The lowest BCUT2D eigenvalue weighted by atomic mass is 10.1. The topological polar surface area (TPSA) is 254 Å². The first-order valence-corrected chi connectivity index (χ1v) is 8.52. The molecule has 0 radical (unpaired) electrons. The third-order valence-electron chi connectivity index (χ3n) is 3.71. The van der Waals surface area contributed by atoms with Gasteiger partial charge in [0, 0.05) is 6.42 Å². The second kappa shape index (κ2) is 12.6. The van der Waals surface area contributed by atoms with Crippen LogP contribution in [0.5, 0.6) is 0 Å². The van der Waals surface area contributed by atoms with Crippen LogP contribution in [0.3, 0.4) is 0 Å². The number of aliphatic carboxylic acids is 1. The molecule has 0 heterocycles. The SMILES string of the molecule is CC(O)C(NC(=O)C(CCC(N)=O)NC(=O)C(CO)NC(=O)C(N)CO)C(=O)O. The Bertz CT molecular complexity index is 613. The number of carboxylic acid groups (broad SMARTS) is 1. The minimum Gasteiger partial charge on any atom is -0.480 e. The number of carboxylic acids is 1. The molecule has 0 saturated heterocycles. The fraction of sp³-hybridized carbons (Fsp3) is 0.667. The molecule has 29 heavy (non-hydrogen) atoms. The van der Waals surface area contributed by atoms with Gasteiger partial charge in [0.15, 0.2) is 6.04 Å². The number of carbonyl (C=O) groups is 5. The summed E-state index contributed by atoms with van der Waals surface area (Å²) in [7, 11) is 0. The molecule has 0 aromatic rings. The molecule has 11 N–H and O–H groups in total. The van der Waals surface area contributed by atoms with Crippen molar-refractivity contribution >= 4 is 29.6 Å². The van der Waals surface area contributed by atoms with Crippen molar-refractivity contribution in [3.8, 4) is 0 Å². The molecule has 0 aliphatic heterocycles. The summed E-state index contributed by atoms with van der Waals surface area (Å²) in [5, 5.41) is 42.8. The van der Waals surface area contributed by atoms with Crippen LogP contribution in [0.2, 0.25) is 0 Å². The molecule has 0 rings (SSSR count). The van der Waals surface area contributed by atoms with Crippen LogP contribution in [0, 0.1) is 0 Å². The normalized spacial score (nSPS) is 15.9. The fourth-order valence-electron chi connectivity index (χ4n) is 2.03. The van der Waals surface area contributed by atoms with Crippen LogP contribution >= 0.6 is 0 Å². The summed E-state index contributed by atoms with van der Waals surface area (Å²) >= 11 is 0. The van der Waals surface area contributed by atoms with Crippen molar-refractivity contribution in [1.29, 1.82) is 0 Å². The summed E-state index contributed by atoms with van der Waals surface area (Å²) in [6, 6.07) is -6.05. The van der Waals surface area contributed by atoms with Crippen molar-refractivity contribution in [3.63, 3.8) is 0 Å². The minimum atomic E-state index is -1.69. The zero-order chi connectivity index (χ0) is 22.7. The molecule has 0 aromatic carbocycles. The highest BCUT2D eigenvalue weighted by Crippen LogP contribution is 2.02. The predicted octanol–water partition coefficient (Wildman–Crippen LogP) is -5.52. The van der Waals surface area contributed by atoms with Gasteiger partial charge in [-0.1, -0.05) is 0 Å². The second-order valence-corrected chi connectivity index (χ2v) is 6.16. The van der Waals surface area contributed by atoms with Crippen molar-refractivity contribution in [2.75, 3.05) is 13.2 Å². The van der Waals surface area contributed by atoms with Crippen LogP contribution in [0.15, 0.2) is 0 Å². The van der Waals surface area contributed by atoms with E-state index in [0.717, 1.165) is 6.92 Å². The van der Waals surface area contributed by atoms with Crippen molar-refractivity contribution in [1.82, 2.24) is 16.0 Å². The average Bonchev–Trinajstić information content (AvgIpc) is 2.65. The van der Waals surface area contributed by atoms with E-state index < -0.39 is 73.1 Å². The summed E-state index contributed by atoms with van der Waals surface area (Å²) in [5.41, 5.74) is 10.3. The highest BCUT2D eigenvalue weighted by Gasteiger charge is 2.31. The Kier molecular flexibility index (Phi) is 11.4. The van der Waals surface area contributed by atoms with Gasteiger partial charge in [-0.25, -0.2) is 4.79 Å². The van der Waals surface area contributed by atoms with Gasteiger partial charge in [-0.3, -0.25) is 19.2 Å². The Hall–Kier alpha value is -2.81. The average molecular weight is 421 g/mol. The molecule has 0 fully saturated rings. The van der Waals surface area contributed by atoms with E-state index in [-0.39, 0.29) is 12.8 Å². The number of aliphatic hydroxyl groups is 3. The minimum absolute atomic E-state index is 0.318. The van der Waals surface area contributed by atoms with E-state index in [4.69, 9.17) is 21.7 Å². The molecule has 14 heteroatoms. The highest BCUT2D eigenvalue weighted by atomic mass is 16.4. The molecule has 0 saturated carbocycles. The summed E-state index contributed by atoms with van der Waals surface area (Å²) in [6.07, 6.45) is -2.13. The third kappa shape index (κ3) is 9.29. The number of nitrogens with one attached hydrogen (secondary N) is 3. The Morgan fingerprint density at radius 1 is 0.897 bits per heavy atom. The quantitative estimate of drug-likeness (QED) is 0.136. The van der Waals surface area contributed by atoms with E-state index in [1.807, 2.05) is 5.32 Å². The zero-order valence-corrected chi connectivity index (χ0v) is 15.7. The molecular formula is C15H27N5O9. The van der Waals surface area contributed by atoms with Crippen molar-refractivity contribution in [3.05, 3.63) is 0 Å². The lowest BCUT2D eigenvalue weighted by Gasteiger charge is -2.24. The smallest absolute Gasteiger partial charge is 0.328 e. The van der Waals surface area contributed by atoms with Gasteiger partial charge >= 0.3 is 5.97 Å². The van der Waals surface area contributed by atoms with Gasteiger partial charge in [-0.2, -0.15) is 0 Å². The molecular weight excluding hydrogens is 394 g/mol. The molecule has 0 spiro atoms. The van der Waals surface area contributed by atoms with E-state index in [1.165, 1.54) is 0 Å². The molecule has 166 valence electrons. The first-order chi connectivity index (χ1) is 13.4. The van der Waals surface area contributed by atoms with Crippen LogP contribution in [0.1, 0.15) is 19.8 Å². The molecule has 14 nitrogen and oxygen atoms in total. The van der Waals surface area contributed by atoms with Crippen LogP contribution in [0.4, 0.5) is 0 Å². The van der Waals surface area contributed by atoms with Crippen LogP contribution in [0.25, 0.3) is 0 Å². The van der Waals surface area contributed by atoms with E-state index in [2.05, 4.69) is 10.6 Å². The molecule has 4 amide bonds. The van der Waals surface area contributed by atoms with Crippen LogP contribution in [-0.4, -0.2) is 93.5 Å². The van der Waals surface area contributed by atoms with Gasteiger partial charge in [0.05, 0.1) is 19.3 Å². The van der Waals surface area contributed by atoms with Crippen molar-refractivity contribution in [2.24, 2.45) is 11.5 Å². The van der Waals surface area contributed by atoms with Gasteiger partial charge in [-0.05, 0) is 13.3 Å². The molecule has 5 atom stereocenters. The number of nitrogens with two attached hydrogens (primary N) is 2. The lowest BCUT2D eigenvalue weighted by Crippen LogP contribution is -2.59. The number of carbonyl (C=O) groups excluding carboxylic acids is 4. The summed E-state index contributed by atoms with van der Waals surface area (Å²) in [5.74, 6) is -5.36. The van der Waals surface area contributed by atoms with Crippen LogP contribution < -0.4 is 27.4 Å². The lowest BCUT2D eigenvalue weighted by molar-refractivity contribution is -0.145. The number of aliphatic hydroxyl groups excluding tert-OH is 3. The molecule has 0 aliphatic carbocycles. The van der Waals surface area contributed by atoms with Gasteiger partial charge in [0.25, 0.3) is 0 Å². The first kappa shape index (κ1) is 26.2. The summed E-state index contributed by atoms with van der Waals surface area (Å²) in [4.78, 5) is 58.4.